The van der Waals surface area contributed by atoms with Crippen molar-refractivity contribution in [2.24, 2.45) is 0 Å². The van der Waals surface area contributed by atoms with Gasteiger partial charge in [-0.2, -0.15) is 0 Å². The van der Waals surface area contributed by atoms with Gasteiger partial charge in [-0.05, 0) is 19.9 Å². The number of carboxylic acids is 1. The molecule has 1 heterocycles. The van der Waals surface area contributed by atoms with Gasteiger partial charge in [0.15, 0.2) is 5.79 Å². The molecular weight excluding hydrogens is 160 g/mol. The first-order valence-corrected chi connectivity index (χ1v) is 3.72. The van der Waals surface area contributed by atoms with E-state index in [2.05, 4.69) is 0 Å². The Morgan fingerprint density at radius 2 is 2.33 bits per heavy atom. The van der Waals surface area contributed by atoms with Gasteiger partial charge in [0.25, 0.3) is 0 Å². The first-order valence-electron chi connectivity index (χ1n) is 3.72. The molecule has 0 saturated carbocycles. The third-order valence-corrected chi connectivity index (χ3v) is 1.48. The molecular formula is C8H12O4. The van der Waals surface area contributed by atoms with E-state index in [1.54, 1.807) is 13.8 Å². The van der Waals surface area contributed by atoms with Crippen LogP contribution in [0.4, 0.5) is 0 Å². The molecule has 1 aliphatic rings. The second-order valence-corrected chi connectivity index (χ2v) is 3.06. The molecule has 4 nitrogen and oxygen atoms in total. The van der Waals surface area contributed by atoms with E-state index in [0.717, 1.165) is 6.08 Å². The first kappa shape index (κ1) is 9.22. The zero-order valence-corrected chi connectivity index (χ0v) is 7.11. The Bertz CT molecular complexity index is 207. The van der Waals surface area contributed by atoms with Crippen molar-refractivity contribution < 1.29 is 19.4 Å². The third kappa shape index (κ3) is 2.64. The van der Waals surface area contributed by atoms with Gasteiger partial charge in [0.1, 0.15) is 6.10 Å². The number of aliphatic carboxylic acids is 1. The van der Waals surface area contributed by atoms with E-state index < -0.39 is 11.8 Å². The summed E-state index contributed by atoms with van der Waals surface area (Å²) in [6, 6.07) is 0. The number of rotatable bonds is 2. The van der Waals surface area contributed by atoms with Crippen molar-refractivity contribution in [1.29, 1.82) is 0 Å². The molecule has 0 aromatic carbocycles. The van der Waals surface area contributed by atoms with Gasteiger partial charge < -0.3 is 14.6 Å². The second kappa shape index (κ2) is 3.25. The predicted molar refractivity (Wildman–Crippen MR) is 41.7 cm³/mol. The predicted octanol–water partition coefficient (Wildman–Crippen LogP) is 0.779. The zero-order valence-electron chi connectivity index (χ0n) is 7.11. The summed E-state index contributed by atoms with van der Waals surface area (Å²) in [6.45, 7) is 4.00. The Balaban J connectivity index is 2.43. The lowest BCUT2D eigenvalue weighted by Crippen LogP contribution is -2.20. The summed E-state index contributed by atoms with van der Waals surface area (Å²) in [6.07, 6.45) is 2.31. The third-order valence-electron chi connectivity index (χ3n) is 1.48. The van der Waals surface area contributed by atoms with Crippen LogP contribution in [0.25, 0.3) is 0 Å². The zero-order chi connectivity index (χ0) is 9.19. The van der Waals surface area contributed by atoms with Crippen LogP contribution in [-0.4, -0.2) is 29.6 Å². The van der Waals surface area contributed by atoms with Crippen molar-refractivity contribution in [2.45, 2.75) is 25.7 Å². The molecule has 0 radical (unpaired) electrons. The Kier molecular flexibility index (Phi) is 2.49. The van der Waals surface area contributed by atoms with Crippen molar-refractivity contribution in [1.82, 2.24) is 0 Å². The van der Waals surface area contributed by atoms with Crippen LogP contribution in [0.15, 0.2) is 12.2 Å². The molecule has 12 heavy (non-hydrogen) atoms. The fourth-order valence-corrected chi connectivity index (χ4v) is 1.000. The summed E-state index contributed by atoms with van der Waals surface area (Å²) in [7, 11) is 0. The molecule has 0 spiro atoms. The maximum Gasteiger partial charge on any atom is 0.328 e. The summed E-state index contributed by atoms with van der Waals surface area (Å²) in [4.78, 5) is 10.1. The molecule has 1 fully saturated rings. The van der Waals surface area contributed by atoms with E-state index in [1.807, 2.05) is 0 Å². The minimum Gasteiger partial charge on any atom is -0.478 e. The van der Waals surface area contributed by atoms with Crippen molar-refractivity contribution in [3.8, 4) is 0 Å². The monoisotopic (exact) mass is 172 g/mol. The highest BCUT2D eigenvalue weighted by atomic mass is 16.7. The SMILES string of the molecule is CC1(C)OC[C@@H](C=CC(=O)O)O1. The van der Waals surface area contributed by atoms with Crippen molar-refractivity contribution in [3.63, 3.8) is 0 Å². The van der Waals surface area contributed by atoms with E-state index in [4.69, 9.17) is 14.6 Å². The molecule has 1 atom stereocenters. The van der Waals surface area contributed by atoms with Crippen LogP contribution in [0.3, 0.4) is 0 Å². The fourth-order valence-electron chi connectivity index (χ4n) is 1.000. The van der Waals surface area contributed by atoms with Crippen LogP contribution in [0.2, 0.25) is 0 Å². The maximum absolute atomic E-state index is 10.1. The molecule has 0 aliphatic carbocycles. The average Bonchev–Trinajstić information content (AvgIpc) is 2.26. The lowest BCUT2D eigenvalue weighted by Gasteiger charge is -2.15. The maximum atomic E-state index is 10.1. The largest absolute Gasteiger partial charge is 0.478 e. The highest BCUT2D eigenvalue weighted by molar-refractivity contribution is 5.79. The molecule has 0 amide bonds. The van der Waals surface area contributed by atoms with Crippen LogP contribution in [0, 0.1) is 0 Å². The molecule has 0 aromatic rings. The molecule has 0 aromatic heterocycles. The van der Waals surface area contributed by atoms with E-state index in [0.29, 0.717) is 6.61 Å². The Morgan fingerprint density at radius 3 is 2.75 bits per heavy atom. The van der Waals surface area contributed by atoms with Crippen LogP contribution >= 0.6 is 0 Å². The second-order valence-electron chi connectivity index (χ2n) is 3.06. The Morgan fingerprint density at radius 1 is 1.67 bits per heavy atom. The van der Waals surface area contributed by atoms with Crippen molar-refractivity contribution in [2.75, 3.05) is 6.61 Å². The normalized spacial score (nSPS) is 28.0. The molecule has 1 saturated heterocycles. The van der Waals surface area contributed by atoms with Gasteiger partial charge in [0, 0.05) is 6.08 Å². The number of hydrogen-bond donors (Lipinski definition) is 1. The van der Waals surface area contributed by atoms with Crippen LogP contribution in [0.5, 0.6) is 0 Å². The van der Waals surface area contributed by atoms with Crippen LogP contribution in [0.1, 0.15) is 13.8 Å². The van der Waals surface area contributed by atoms with Crippen molar-refractivity contribution in [3.05, 3.63) is 12.2 Å². The minimum absolute atomic E-state index is 0.240. The molecule has 0 unspecified atom stereocenters. The standard InChI is InChI=1S/C8H12O4/c1-8(2)11-5-6(12-8)3-4-7(9)10/h3-4,6H,5H2,1-2H3,(H,9,10)/t6-/m1/s1. The van der Waals surface area contributed by atoms with Crippen LogP contribution < -0.4 is 0 Å². The molecule has 1 rings (SSSR count). The van der Waals surface area contributed by atoms with Gasteiger partial charge in [0.2, 0.25) is 0 Å². The number of carboxylic acid groups (broad SMARTS) is 1. The number of carbonyl (C=O) groups is 1. The van der Waals surface area contributed by atoms with E-state index >= 15 is 0 Å². The molecule has 1 N–H and O–H groups in total. The van der Waals surface area contributed by atoms with Gasteiger partial charge in [-0.3, -0.25) is 0 Å². The molecule has 0 bridgehead atoms. The van der Waals surface area contributed by atoms with Gasteiger partial charge in [-0.1, -0.05) is 0 Å². The first-order chi connectivity index (χ1) is 5.49. The summed E-state index contributed by atoms with van der Waals surface area (Å²) in [5.41, 5.74) is 0. The fraction of sp³-hybridized carbons (Fsp3) is 0.625. The lowest BCUT2D eigenvalue weighted by atomic mass is 10.3. The highest BCUT2D eigenvalue weighted by Crippen LogP contribution is 2.22. The summed E-state index contributed by atoms with van der Waals surface area (Å²) in [5.74, 6) is -1.56. The molecule has 1 aliphatic heterocycles. The van der Waals surface area contributed by atoms with Crippen molar-refractivity contribution >= 4 is 5.97 Å². The van der Waals surface area contributed by atoms with E-state index in [9.17, 15) is 4.79 Å². The topological polar surface area (TPSA) is 55.8 Å². The van der Waals surface area contributed by atoms with Gasteiger partial charge in [-0.25, -0.2) is 4.79 Å². The Hall–Kier alpha value is -0.870. The van der Waals surface area contributed by atoms with E-state index in [-0.39, 0.29) is 6.10 Å². The lowest BCUT2D eigenvalue weighted by molar-refractivity contribution is -0.134. The molecule has 68 valence electrons. The highest BCUT2D eigenvalue weighted by Gasteiger charge is 2.30. The number of ether oxygens (including phenoxy) is 2. The smallest absolute Gasteiger partial charge is 0.328 e. The van der Waals surface area contributed by atoms with Gasteiger partial charge in [0.05, 0.1) is 6.61 Å². The van der Waals surface area contributed by atoms with Crippen LogP contribution in [-0.2, 0) is 14.3 Å². The Labute approximate surface area is 70.8 Å². The average molecular weight is 172 g/mol. The summed E-state index contributed by atoms with van der Waals surface area (Å²) in [5, 5.41) is 8.32. The molecule has 4 heteroatoms. The quantitative estimate of drug-likeness (QED) is 0.625. The van der Waals surface area contributed by atoms with E-state index in [1.165, 1.54) is 6.08 Å². The summed E-state index contributed by atoms with van der Waals surface area (Å²) >= 11 is 0. The number of hydrogen-bond acceptors (Lipinski definition) is 3. The minimum atomic E-state index is -0.969. The summed E-state index contributed by atoms with van der Waals surface area (Å²) < 4.78 is 10.5. The van der Waals surface area contributed by atoms with Gasteiger partial charge >= 0.3 is 5.97 Å². The van der Waals surface area contributed by atoms with Gasteiger partial charge in [-0.15, -0.1) is 0 Å².